The van der Waals surface area contributed by atoms with Gasteiger partial charge in [0, 0.05) is 46.5 Å². The number of nitrogens with one attached hydrogen (secondary N) is 1. The van der Waals surface area contributed by atoms with Gasteiger partial charge in [-0.15, -0.1) is 16.4 Å². The number of aromatic nitrogens is 8. The molecule has 15 heteroatoms. The molecule has 3 N–H and O–H groups in total. The molecule has 2 aliphatic heterocycles. The smallest absolute Gasteiger partial charge is 0.294 e. The van der Waals surface area contributed by atoms with Gasteiger partial charge in [0.25, 0.3) is 5.91 Å². The van der Waals surface area contributed by atoms with Crippen molar-refractivity contribution >= 4 is 38.5 Å². The fraction of sp³-hybridized carbons (Fsp3) is 0.393. The van der Waals surface area contributed by atoms with Crippen molar-refractivity contribution in [2.24, 2.45) is 0 Å². The van der Waals surface area contributed by atoms with E-state index in [0.717, 1.165) is 45.9 Å². The molecule has 1 amide bonds. The number of hydrogen-bond donors (Lipinski definition) is 2. The largest absolute Gasteiger partial charge is 0.382 e. The lowest BCUT2D eigenvalue weighted by Gasteiger charge is -2.38. The lowest BCUT2D eigenvalue weighted by atomic mass is 9.87. The maximum absolute atomic E-state index is 13.3. The van der Waals surface area contributed by atoms with Gasteiger partial charge in [0.1, 0.15) is 21.5 Å². The molecule has 2 aliphatic rings. The minimum absolute atomic E-state index is 0.00796. The van der Waals surface area contributed by atoms with Gasteiger partial charge < -0.3 is 10.6 Å². The summed E-state index contributed by atoms with van der Waals surface area (Å²) in [6.45, 7) is 5.76. The molecular weight excluding hydrogens is 589 g/mol. The zero-order valence-corrected chi connectivity index (χ0v) is 25.7. The van der Waals surface area contributed by atoms with Crippen LogP contribution >= 0.6 is 11.3 Å². The van der Waals surface area contributed by atoms with E-state index >= 15 is 0 Å². The number of amides is 1. The van der Waals surface area contributed by atoms with Gasteiger partial charge in [-0.1, -0.05) is 6.07 Å². The second kappa shape index (κ2) is 9.91. The normalized spacial score (nSPS) is 20.3. The number of sulfone groups is 1. The van der Waals surface area contributed by atoms with Crippen LogP contribution in [0, 0.1) is 20.8 Å². The van der Waals surface area contributed by atoms with Gasteiger partial charge in [-0.2, -0.15) is 9.61 Å². The number of anilines is 1. The standard InChI is InChI=1S/C28H30N10O3S2/c1-13-14(2)42-27(32-13)21-8-5-16(11-30-21)20-12-31-38-24(29)23(43(4,40)41)22(34-26(20)38)17-9-18-6-7-19(10-17)37(18)28(39)25-33-15(3)35-36-25/h5,8,11-12,17-19H,6-7,9-10,29H2,1-4H3,(H,33,35,36)/t17?,18-,19+. The predicted molar refractivity (Wildman–Crippen MR) is 160 cm³/mol. The lowest BCUT2D eigenvalue weighted by Crippen LogP contribution is -2.46. The van der Waals surface area contributed by atoms with Crippen LogP contribution in [0.2, 0.25) is 0 Å². The van der Waals surface area contributed by atoms with Gasteiger partial charge in [0.15, 0.2) is 15.5 Å². The molecule has 7 rings (SSSR count). The molecule has 5 aromatic rings. The summed E-state index contributed by atoms with van der Waals surface area (Å²) < 4.78 is 27.6. The Morgan fingerprint density at radius 2 is 1.81 bits per heavy atom. The second-order valence-corrected chi connectivity index (χ2v) is 14.5. The number of nitrogens with two attached hydrogens (primary N) is 1. The van der Waals surface area contributed by atoms with Crippen molar-refractivity contribution in [2.75, 3.05) is 12.0 Å². The number of aromatic amines is 1. The van der Waals surface area contributed by atoms with Crippen LogP contribution in [-0.2, 0) is 9.84 Å². The van der Waals surface area contributed by atoms with Crippen LogP contribution < -0.4 is 5.73 Å². The van der Waals surface area contributed by atoms with E-state index in [9.17, 15) is 13.2 Å². The molecule has 5 aromatic heterocycles. The number of fused-ring (bicyclic) bond motifs is 3. The molecule has 0 aliphatic carbocycles. The van der Waals surface area contributed by atoms with Crippen molar-refractivity contribution in [3.8, 4) is 21.8 Å². The Morgan fingerprint density at radius 1 is 1.07 bits per heavy atom. The third-order valence-electron chi connectivity index (χ3n) is 8.50. The third kappa shape index (κ3) is 4.57. The maximum Gasteiger partial charge on any atom is 0.294 e. The molecule has 2 fully saturated rings. The Kier molecular flexibility index (Phi) is 6.36. The van der Waals surface area contributed by atoms with Gasteiger partial charge in [-0.3, -0.25) is 14.9 Å². The number of rotatable bonds is 5. The molecule has 3 atom stereocenters. The summed E-state index contributed by atoms with van der Waals surface area (Å²) in [6, 6.07) is 3.68. The topological polar surface area (TPSA) is 178 Å². The maximum atomic E-state index is 13.3. The molecule has 2 bridgehead atoms. The zero-order chi connectivity index (χ0) is 30.2. The first-order valence-electron chi connectivity index (χ1n) is 14.0. The van der Waals surface area contributed by atoms with Gasteiger partial charge >= 0.3 is 0 Å². The van der Waals surface area contributed by atoms with E-state index in [1.165, 1.54) is 4.52 Å². The number of carbonyl (C=O) groups is 1. The number of hydrogen-bond acceptors (Lipinski definition) is 11. The third-order valence-corrected chi connectivity index (χ3v) is 10.8. The Hall–Kier alpha value is -4.24. The average Bonchev–Trinajstić information content (AvgIpc) is 3.73. The molecule has 0 saturated carbocycles. The zero-order valence-electron chi connectivity index (χ0n) is 24.1. The van der Waals surface area contributed by atoms with Gasteiger partial charge in [0.05, 0.1) is 23.3 Å². The van der Waals surface area contributed by atoms with E-state index in [2.05, 4.69) is 30.2 Å². The first-order valence-corrected chi connectivity index (χ1v) is 16.7. The summed E-state index contributed by atoms with van der Waals surface area (Å²) in [5, 5.41) is 12.1. The number of nitrogens with zero attached hydrogens (tertiary/aromatic N) is 8. The highest BCUT2D eigenvalue weighted by atomic mass is 32.2. The number of aryl methyl sites for hydroxylation is 3. The van der Waals surface area contributed by atoms with Crippen molar-refractivity contribution in [3.63, 3.8) is 0 Å². The molecule has 222 valence electrons. The van der Waals surface area contributed by atoms with Crippen LogP contribution in [0.3, 0.4) is 0 Å². The summed E-state index contributed by atoms with van der Waals surface area (Å²) in [7, 11) is -3.75. The average molecular weight is 619 g/mol. The molecule has 0 aromatic carbocycles. The number of H-pyrrole nitrogens is 1. The monoisotopic (exact) mass is 618 g/mol. The molecule has 0 spiro atoms. The van der Waals surface area contributed by atoms with E-state index in [1.807, 2.05) is 30.9 Å². The van der Waals surface area contributed by atoms with Crippen LogP contribution in [0.25, 0.3) is 27.5 Å². The first-order chi connectivity index (χ1) is 20.5. The first kappa shape index (κ1) is 27.6. The fourth-order valence-electron chi connectivity index (χ4n) is 6.43. The molecule has 2 saturated heterocycles. The highest BCUT2D eigenvalue weighted by Gasteiger charge is 2.46. The minimum Gasteiger partial charge on any atom is -0.382 e. The van der Waals surface area contributed by atoms with Crippen LogP contribution in [0.1, 0.15) is 64.3 Å². The summed E-state index contributed by atoms with van der Waals surface area (Å²) >= 11 is 1.60. The quantitative estimate of drug-likeness (QED) is 0.296. The Labute approximate surface area is 251 Å². The van der Waals surface area contributed by atoms with Gasteiger partial charge in [-0.25, -0.2) is 23.4 Å². The number of nitrogen functional groups attached to an aromatic ring is 1. The number of thiazole rings is 1. The molecule has 7 heterocycles. The van der Waals surface area contributed by atoms with Crippen molar-refractivity contribution in [1.29, 1.82) is 0 Å². The highest BCUT2D eigenvalue weighted by Crippen LogP contribution is 2.45. The van der Waals surface area contributed by atoms with Crippen LogP contribution in [-0.4, -0.2) is 77.3 Å². The molecule has 0 radical (unpaired) electrons. The number of piperidine rings is 1. The highest BCUT2D eigenvalue weighted by molar-refractivity contribution is 7.91. The summed E-state index contributed by atoms with van der Waals surface area (Å²) in [5.74, 6) is 0.322. The SMILES string of the molecule is Cc1nc(C(=O)N2[C@@H]3CC[C@H]2CC(c2nc4c(-c5ccc(-c6nc(C)c(C)s6)nc5)cnn4c(N)c2S(C)(=O)=O)C3)n[nH]1. The number of carbonyl (C=O) groups excluding carboxylic acids is 1. The Bertz CT molecular complexity index is 1980. The van der Waals surface area contributed by atoms with Crippen molar-refractivity contribution in [2.45, 2.75) is 69.4 Å². The summed E-state index contributed by atoms with van der Waals surface area (Å²) in [6.07, 6.45) is 7.27. The van der Waals surface area contributed by atoms with E-state index in [1.54, 1.807) is 30.7 Å². The van der Waals surface area contributed by atoms with Crippen LogP contribution in [0.4, 0.5) is 5.82 Å². The van der Waals surface area contributed by atoms with Gasteiger partial charge in [0.2, 0.25) is 5.82 Å². The Balaban J connectivity index is 1.27. The van der Waals surface area contributed by atoms with Crippen molar-refractivity contribution in [3.05, 3.63) is 52.4 Å². The van der Waals surface area contributed by atoms with Crippen LogP contribution in [0.5, 0.6) is 0 Å². The molecule has 1 unspecified atom stereocenters. The second-order valence-electron chi connectivity index (χ2n) is 11.4. The van der Waals surface area contributed by atoms with E-state index < -0.39 is 9.84 Å². The molecule has 13 nitrogen and oxygen atoms in total. The fourth-order valence-corrected chi connectivity index (χ4v) is 8.38. The van der Waals surface area contributed by atoms with Crippen molar-refractivity contribution < 1.29 is 13.2 Å². The minimum atomic E-state index is -3.75. The van der Waals surface area contributed by atoms with Gasteiger partial charge in [-0.05, 0) is 52.5 Å². The Morgan fingerprint density at radius 3 is 2.40 bits per heavy atom. The van der Waals surface area contributed by atoms with E-state index in [4.69, 9.17) is 10.7 Å². The lowest BCUT2D eigenvalue weighted by molar-refractivity contribution is 0.0556. The van der Waals surface area contributed by atoms with Crippen LogP contribution in [0.15, 0.2) is 29.4 Å². The predicted octanol–water partition coefficient (Wildman–Crippen LogP) is 3.49. The summed E-state index contributed by atoms with van der Waals surface area (Å²) in [5.41, 5.74) is 10.6. The summed E-state index contributed by atoms with van der Waals surface area (Å²) in [4.78, 5) is 34.7. The number of pyridine rings is 1. The van der Waals surface area contributed by atoms with E-state index in [-0.39, 0.29) is 40.4 Å². The molecule has 43 heavy (non-hydrogen) atoms. The van der Waals surface area contributed by atoms with E-state index in [0.29, 0.717) is 35.6 Å². The van der Waals surface area contributed by atoms with Crippen molar-refractivity contribution in [1.82, 2.24) is 44.6 Å². The molecular formula is C28H30N10O3S2.